The molecule has 23 heavy (non-hydrogen) atoms. The number of likely N-dealkylation sites (tertiary alicyclic amines) is 1. The zero-order chi connectivity index (χ0) is 15.8. The van der Waals surface area contributed by atoms with Crippen LogP contribution in [0.3, 0.4) is 0 Å². The van der Waals surface area contributed by atoms with E-state index >= 15 is 0 Å². The summed E-state index contributed by atoms with van der Waals surface area (Å²) < 4.78 is 5.25. The molecule has 0 radical (unpaired) electrons. The van der Waals surface area contributed by atoms with Crippen molar-refractivity contribution in [3.05, 3.63) is 23.4 Å². The molecule has 2 aliphatic rings. The number of fused-ring (bicyclic) bond motifs is 1. The lowest BCUT2D eigenvalue weighted by Crippen LogP contribution is -2.33. The van der Waals surface area contributed by atoms with E-state index in [1.807, 2.05) is 22.4 Å². The van der Waals surface area contributed by atoms with Gasteiger partial charge in [-0.05, 0) is 36.1 Å². The van der Waals surface area contributed by atoms with Crippen molar-refractivity contribution < 1.29 is 9.32 Å². The largest absolute Gasteiger partial charge is 0.342 e. The Morgan fingerprint density at radius 2 is 2.35 bits per heavy atom. The van der Waals surface area contributed by atoms with Crippen LogP contribution in [-0.4, -0.2) is 40.1 Å². The molecule has 4 rings (SSSR count). The number of hydrogen-bond acceptors (Lipinski definition) is 6. The van der Waals surface area contributed by atoms with Crippen molar-refractivity contribution in [3.63, 3.8) is 0 Å². The van der Waals surface area contributed by atoms with E-state index in [2.05, 4.69) is 10.1 Å². The normalized spacial score (nSPS) is 26.7. The van der Waals surface area contributed by atoms with E-state index in [-0.39, 0.29) is 11.9 Å². The van der Waals surface area contributed by atoms with Crippen molar-refractivity contribution >= 4 is 17.2 Å². The van der Waals surface area contributed by atoms with Gasteiger partial charge >= 0.3 is 0 Å². The van der Waals surface area contributed by atoms with E-state index in [1.165, 1.54) is 0 Å². The Labute approximate surface area is 138 Å². The minimum Gasteiger partial charge on any atom is -0.342 e. The van der Waals surface area contributed by atoms with Gasteiger partial charge in [-0.2, -0.15) is 4.98 Å². The number of nitrogens with zero attached hydrogens (tertiary/aromatic N) is 3. The zero-order valence-corrected chi connectivity index (χ0v) is 13.7. The number of aryl methyl sites for hydroxylation is 1. The minimum absolute atomic E-state index is 0.169. The molecular formula is C16H20N4O2S. The lowest BCUT2D eigenvalue weighted by atomic mass is 9.98. The molecule has 2 aromatic heterocycles. The van der Waals surface area contributed by atoms with Crippen molar-refractivity contribution in [1.29, 1.82) is 0 Å². The third-order valence-corrected chi connectivity index (χ3v) is 5.89. The molecule has 1 saturated carbocycles. The maximum atomic E-state index is 12.4. The number of aromatic nitrogens is 2. The highest BCUT2D eigenvalue weighted by Gasteiger charge is 2.42. The van der Waals surface area contributed by atoms with Crippen LogP contribution in [-0.2, 0) is 11.2 Å². The molecule has 122 valence electrons. The predicted octanol–water partition coefficient (Wildman–Crippen LogP) is 1.93. The second-order valence-electron chi connectivity index (χ2n) is 6.45. The molecule has 1 amide bonds. The molecule has 7 heteroatoms. The van der Waals surface area contributed by atoms with Gasteiger partial charge < -0.3 is 15.2 Å². The van der Waals surface area contributed by atoms with Gasteiger partial charge in [-0.3, -0.25) is 4.79 Å². The lowest BCUT2D eigenvalue weighted by Gasteiger charge is -2.18. The van der Waals surface area contributed by atoms with Gasteiger partial charge in [0.1, 0.15) is 0 Å². The Bertz CT molecular complexity index is 684. The molecule has 1 aliphatic carbocycles. The van der Waals surface area contributed by atoms with Crippen LogP contribution in [0.1, 0.15) is 25.2 Å². The molecule has 0 aromatic carbocycles. The van der Waals surface area contributed by atoms with Crippen LogP contribution in [0.5, 0.6) is 0 Å². The summed E-state index contributed by atoms with van der Waals surface area (Å²) >= 11 is 1.57. The predicted molar refractivity (Wildman–Crippen MR) is 86.7 cm³/mol. The maximum Gasteiger partial charge on any atom is 0.227 e. The van der Waals surface area contributed by atoms with Crippen molar-refractivity contribution in [2.45, 2.75) is 31.7 Å². The van der Waals surface area contributed by atoms with Crippen LogP contribution in [0.2, 0.25) is 0 Å². The summed E-state index contributed by atoms with van der Waals surface area (Å²) in [5, 5.41) is 5.95. The Hall–Kier alpha value is -1.73. The second-order valence-corrected chi connectivity index (χ2v) is 7.40. The minimum atomic E-state index is 0.169. The highest BCUT2D eigenvalue weighted by Crippen LogP contribution is 2.37. The van der Waals surface area contributed by atoms with Gasteiger partial charge in [-0.25, -0.2) is 0 Å². The molecular weight excluding hydrogens is 312 g/mol. The Balaban J connectivity index is 1.32. The van der Waals surface area contributed by atoms with Crippen molar-refractivity contribution in [3.8, 4) is 10.7 Å². The fourth-order valence-electron chi connectivity index (χ4n) is 3.75. The van der Waals surface area contributed by atoms with Crippen LogP contribution in [0.4, 0.5) is 0 Å². The van der Waals surface area contributed by atoms with Crippen LogP contribution >= 0.6 is 11.3 Å². The summed E-state index contributed by atoms with van der Waals surface area (Å²) in [5.74, 6) is 2.39. The van der Waals surface area contributed by atoms with E-state index in [0.29, 0.717) is 36.4 Å². The summed E-state index contributed by atoms with van der Waals surface area (Å²) in [4.78, 5) is 19.7. The van der Waals surface area contributed by atoms with E-state index in [9.17, 15) is 4.79 Å². The maximum absolute atomic E-state index is 12.4. The van der Waals surface area contributed by atoms with Crippen molar-refractivity contribution in [2.75, 3.05) is 13.1 Å². The summed E-state index contributed by atoms with van der Waals surface area (Å²) in [6.45, 7) is 1.68. The first-order valence-electron chi connectivity index (χ1n) is 8.10. The average molecular weight is 332 g/mol. The molecule has 3 heterocycles. The van der Waals surface area contributed by atoms with E-state index in [4.69, 9.17) is 10.3 Å². The van der Waals surface area contributed by atoms with Crippen molar-refractivity contribution in [1.82, 2.24) is 15.0 Å². The molecule has 1 saturated heterocycles. The number of carbonyl (C=O) groups excluding carboxylic acids is 1. The first kappa shape index (κ1) is 14.8. The molecule has 2 fully saturated rings. The van der Waals surface area contributed by atoms with Crippen LogP contribution < -0.4 is 5.73 Å². The highest BCUT2D eigenvalue weighted by atomic mass is 32.1. The third-order valence-electron chi connectivity index (χ3n) is 5.03. The van der Waals surface area contributed by atoms with Gasteiger partial charge in [0.25, 0.3) is 0 Å². The van der Waals surface area contributed by atoms with Gasteiger partial charge in [0.2, 0.25) is 17.6 Å². The molecule has 0 spiro atoms. The van der Waals surface area contributed by atoms with E-state index < -0.39 is 0 Å². The van der Waals surface area contributed by atoms with Gasteiger partial charge in [-0.15, -0.1) is 11.3 Å². The van der Waals surface area contributed by atoms with Gasteiger partial charge in [0, 0.05) is 32.0 Å². The first-order valence-corrected chi connectivity index (χ1v) is 8.98. The van der Waals surface area contributed by atoms with Crippen LogP contribution in [0.25, 0.3) is 10.7 Å². The Morgan fingerprint density at radius 3 is 3.13 bits per heavy atom. The second kappa shape index (κ2) is 6.05. The number of nitrogens with two attached hydrogens (primary N) is 1. The van der Waals surface area contributed by atoms with Gasteiger partial charge in [0.05, 0.1) is 4.88 Å². The number of amides is 1. The Kier molecular flexibility index (Phi) is 3.90. The summed E-state index contributed by atoms with van der Waals surface area (Å²) in [6, 6.07) is 4.17. The molecule has 6 nitrogen and oxygen atoms in total. The molecule has 3 atom stereocenters. The standard InChI is InChI=1S/C16H20N4O2S/c17-12-4-3-10-8-20(9-11(10)12)15(21)6-5-14-18-16(19-22-14)13-2-1-7-23-13/h1-2,7,10-12H,3-6,8-9,17H2. The summed E-state index contributed by atoms with van der Waals surface area (Å²) in [7, 11) is 0. The molecule has 0 bridgehead atoms. The molecule has 2 N–H and O–H groups in total. The van der Waals surface area contributed by atoms with Crippen molar-refractivity contribution in [2.24, 2.45) is 17.6 Å². The Morgan fingerprint density at radius 1 is 1.43 bits per heavy atom. The fourth-order valence-corrected chi connectivity index (χ4v) is 4.39. The first-order chi connectivity index (χ1) is 11.2. The zero-order valence-electron chi connectivity index (χ0n) is 12.9. The van der Waals surface area contributed by atoms with Crippen LogP contribution in [0.15, 0.2) is 22.0 Å². The topological polar surface area (TPSA) is 85.2 Å². The lowest BCUT2D eigenvalue weighted by molar-refractivity contribution is -0.130. The fraction of sp³-hybridized carbons (Fsp3) is 0.562. The van der Waals surface area contributed by atoms with E-state index in [0.717, 1.165) is 30.8 Å². The smallest absolute Gasteiger partial charge is 0.227 e. The monoisotopic (exact) mass is 332 g/mol. The SMILES string of the molecule is NC1CCC2CN(C(=O)CCc3nc(-c4cccs4)no3)CC12. The van der Waals surface area contributed by atoms with Crippen LogP contribution in [0, 0.1) is 11.8 Å². The highest BCUT2D eigenvalue weighted by molar-refractivity contribution is 7.13. The number of rotatable bonds is 4. The molecule has 3 unspecified atom stereocenters. The van der Waals surface area contributed by atoms with Gasteiger partial charge in [0.15, 0.2) is 0 Å². The molecule has 2 aromatic rings. The quantitative estimate of drug-likeness (QED) is 0.924. The number of hydrogen-bond donors (Lipinski definition) is 1. The van der Waals surface area contributed by atoms with Gasteiger partial charge in [-0.1, -0.05) is 11.2 Å². The third kappa shape index (κ3) is 2.90. The van der Waals surface area contributed by atoms with E-state index in [1.54, 1.807) is 11.3 Å². The number of thiophene rings is 1. The summed E-state index contributed by atoms with van der Waals surface area (Å²) in [6.07, 6.45) is 3.17. The summed E-state index contributed by atoms with van der Waals surface area (Å²) in [5.41, 5.74) is 6.13. The average Bonchev–Trinajstić information content (AvgIpc) is 3.31. The number of carbonyl (C=O) groups is 1. The molecule has 1 aliphatic heterocycles.